The van der Waals surface area contributed by atoms with Crippen LogP contribution in [0.15, 0.2) is 29.2 Å². The van der Waals surface area contributed by atoms with Gasteiger partial charge in [-0.25, -0.2) is 12.7 Å². The third kappa shape index (κ3) is 3.41. The van der Waals surface area contributed by atoms with Crippen LogP contribution < -0.4 is 5.73 Å². The lowest BCUT2D eigenvalue weighted by Gasteiger charge is -2.21. The fourth-order valence-corrected chi connectivity index (χ4v) is 3.90. The standard InChI is InChI=1S/C15H24N4O2S/c1-2-3-10-18-11-12-19(15(18)17)22(20,21)14-6-4-13(5-7-14)8-9-16/h4-7,17H,2-3,8-12,16H2,1H3. The van der Waals surface area contributed by atoms with E-state index in [1.165, 1.54) is 4.31 Å². The third-order valence-corrected chi connectivity index (χ3v) is 5.64. The van der Waals surface area contributed by atoms with E-state index in [0.717, 1.165) is 31.4 Å². The maximum absolute atomic E-state index is 12.7. The molecule has 0 atom stereocenters. The topological polar surface area (TPSA) is 90.5 Å². The molecule has 2 rings (SSSR count). The lowest BCUT2D eigenvalue weighted by molar-refractivity contribution is 0.445. The van der Waals surface area contributed by atoms with E-state index in [0.29, 0.717) is 19.6 Å². The summed E-state index contributed by atoms with van der Waals surface area (Å²) < 4.78 is 26.5. The second-order valence-corrected chi connectivity index (χ2v) is 7.29. The van der Waals surface area contributed by atoms with Crippen molar-refractivity contribution in [3.8, 4) is 0 Å². The van der Waals surface area contributed by atoms with Crippen molar-refractivity contribution < 1.29 is 8.42 Å². The molecule has 7 heteroatoms. The molecule has 122 valence electrons. The largest absolute Gasteiger partial charge is 0.340 e. The Morgan fingerprint density at radius 1 is 1.23 bits per heavy atom. The minimum absolute atomic E-state index is 0.0829. The van der Waals surface area contributed by atoms with Gasteiger partial charge in [0.25, 0.3) is 10.0 Å². The third-order valence-electron chi connectivity index (χ3n) is 3.83. The van der Waals surface area contributed by atoms with Gasteiger partial charge in [-0.1, -0.05) is 25.5 Å². The van der Waals surface area contributed by atoms with Crippen LogP contribution in [0.1, 0.15) is 25.3 Å². The Bertz CT molecular complexity index is 613. The van der Waals surface area contributed by atoms with Crippen molar-refractivity contribution in [3.63, 3.8) is 0 Å². The van der Waals surface area contributed by atoms with Crippen molar-refractivity contribution >= 4 is 16.0 Å². The molecule has 1 heterocycles. The van der Waals surface area contributed by atoms with E-state index >= 15 is 0 Å². The minimum Gasteiger partial charge on any atom is -0.340 e. The van der Waals surface area contributed by atoms with Crippen LogP contribution in [0, 0.1) is 5.41 Å². The Kier molecular flexibility index (Phi) is 5.42. The van der Waals surface area contributed by atoms with Crippen LogP contribution >= 0.6 is 0 Å². The van der Waals surface area contributed by atoms with Crippen LogP contribution in [0.5, 0.6) is 0 Å². The van der Waals surface area contributed by atoms with Gasteiger partial charge in [0, 0.05) is 13.1 Å². The molecule has 0 radical (unpaired) electrons. The molecule has 0 aromatic heterocycles. The van der Waals surface area contributed by atoms with Gasteiger partial charge in [0.05, 0.1) is 11.4 Å². The van der Waals surface area contributed by atoms with Crippen molar-refractivity contribution in [1.29, 1.82) is 5.41 Å². The molecule has 1 aromatic rings. The molecule has 0 saturated carbocycles. The van der Waals surface area contributed by atoms with Crippen LogP contribution in [0.3, 0.4) is 0 Å². The number of guanidine groups is 1. The Morgan fingerprint density at radius 2 is 1.91 bits per heavy atom. The number of rotatable bonds is 7. The Hall–Kier alpha value is -1.60. The molecule has 3 N–H and O–H groups in total. The Labute approximate surface area is 132 Å². The van der Waals surface area contributed by atoms with E-state index in [9.17, 15) is 8.42 Å². The summed E-state index contributed by atoms with van der Waals surface area (Å²) in [6, 6.07) is 6.77. The van der Waals surface area contributed by atoms with Crippen LogP contribution in [0.4, 0.5) is 0 Å². The maximum atomic E-state index is 12.7. The summed E-state index contributed by atoms with van der Waals surface area (Å²) in [7, 11) is -3.64. The maximum Gasteiger partial charge on any atom is 0.266 e. The SMILES string of the molecule is CCCCN1CCN(S(=O)(=O)c2ccc(CCN)cc2)C1=N. The lowest BCUT2D eigenvalue weighted by Crippen LogP contribution is -2.37. The van der Waals surface area contributed by atoms with E-state index in [1.54, 1.807) is 24.3 Å². The number of hydrogen-bond donors (Lipinski definition) is 2. The van der Waals surface area contributed by atoms with Crippen molar-refractivity contribution in [3.05, 3.63) is 29.8 Å². The molecule has 0 aliphatic carbocycles. The number of hydrogen-bond acceptors (Lipinski definition) is 4. The van der Waals surface area contributed by atoms with E-state index in [2.05, 4.69) is 6.92 Å². The van der Waals surface area contributed by atoms with E-state index in [4.69, 9.17) is 11.1 Å². The highest BCUT2D eigenvalue weighted by Crippen LogP contribution is 2.21. The average molecular weight is 324 g/mol. The molecule has 0 spiro atoms. The molecule has 0 bridgehead atoms. The Balaban J connectivity index is 2.15. The molecule has 1 fully saturated rings. The van der Waals surface area contributed by atoms with Gasteiger partial charge >= 0.3 is 0 Å². The van der Waals surface area contributed by atoms with Gasteiger partial charge in [0.1, 0.15) is 0 Å². The van der Waals surface area contributed by atoms with Crippen molar-refractivity contribution in [1.82, 2.24) is 9.21 Å². The van der Waals surface area contributed by atoms with Gasteiger partial charge in [0.15, 0.2) is 0 Å². The van der Waals surface area contributed by atoms with Gasteiger partial charge in [-0.2, -0.15) is 0 Å². The quantitative estimate of drug-likeness (QED) is 0.789. The van der Waals surface area contributed by atoms with Gasteiger partial charge in [0.2, 0.25) is 5.96 Å². The van der Waals surface area contributed by atoms with Crippen LogP contribution in [0.2, 0.25) is 0 Å². The predicted molar refractivity (Wildman–Crippen MR) is 87.3 cm³/mol. The van der Waals surface area contributed by atoms with Crippen LogP contribution in [-0.4, -0.2) is 49.8 Å². The zero-order valence-electron chi connectivity index (χ0n) is 13.0. The number of unbranched alkanes of at least 4 members (excludes halogenated alkanes) is 1. The molecule has 22 heavy (non-hydrogen) atoms. The second-order valence-electron chi connectivity index (χ2n) is 5.42. The van der Waals surface area contributed by atoms with Crippen LogP contribution in [-0.2, 0) is 16.4 Å². The number of nitrogens with one attached hydrogen (secondary N) is 1. The van der Waals surface area contributed by atoms with Crippen LogP contribution in [0.25, 0.3) is 0 Å². The summed E-state index contributed by atoms with van der Waals surface area (Å²) in [5.74, 6) is 0.0829. The fourth-order valence-electron chi connectivity index (χ4n) is 2.50. The smallest absolute Gasteiger partial charge is 0.266 e. The number of sulfonamides is 1. The summed E-state index contributed by atoms with van der Waals surface area (Å²) in [4.78, 5) is 2.06. The first-order valence-electron chi connectivity index (χ1n) is 7.66. The van der Waals surface area contributed by atoms with Crippen molar-refractivity contribution in [2.24, 2.45) is 5.73 Å². The monoisotopic (exact) mass is 324 g/mol. The second kappa shape index (κ2) is 7.11. The average Bonchev–Trinajstić information content (AvgIpc) is 2.88. The van der Waals surface area contributed by atoms with Crippen molar-refractivity contribution in [2.45, 2.75) is 31.1 Å². The van der Waals surface area contributed by atoms with E-state index < -0.39 is 10.0 Å². The van der Waals surface area contributed by atoms with Crippen molar-refractivity contribution in [2.75, 3.05) is 26.2 Å². The highest BCUT2D eigenvalue weighted by Gasteiger charge is 2.34. The summed E-state index contributed by atoms with van der Waals surface area (Å²) in [6.07, 6.45) is 2.72. The Morgan fingerprint density at radius 3 is 2.50 bits per heavy atom. The first-order chi connectivity index (χ1) is 10.5. The molecule has 0 unspecified atom stereocenters. The molecular weight excluding hydrogens is 300 g/mol. The molecule has 1 aliphatic rings. The highest BCUT2D eigenvalue weighted by atomic mass is 32.2. The summed E-state index contributed by atoms with van der Waals surface area (Å²) in [6.45, 7) is 4.28. The van der Waals surface area contributed by atoms with Gasteiger partial charge in [-0.3, -0.25) is 5.41 Å². The van der Waals surface area contributed by atoms with E-state index in [-0.39, 0.29) is 10.9 Å². The predicted octanol–water partition coefficient (Wildman–Crippen LogP) is 1.23. The number of nitrogens with two attached hydrogens (primary N) is 1. The number of benzene rings is 1. The normalized spacial score (nSPS) is 15.6. The zero-order chi connectivity index (χ0) is 16.2. The molecule has 1 aromatic carbocycles. The molecule has 1 saturated heterocycles. The van der Waals surface area contributed by atoms with E-state index in [1.807, 2.05) is 4.90 Å². The lowest BCUT2D eigenvalue weighted by atomic mass is 10.2. The number of nitrogens with zero attached hydrogens (tertiary/aromatic N) is 2. The molecule has 6 nitrogen and oxygen atoms in total. The first kappa shape index (κ1) is 16.8. The first-order valence-corrected chi connectivity index (χ1v) is 9.10. The van der Waals surface area contributed by atoms with Gasteiger partial charge < -0.3 is 10.6 Å². The fraction of sp³-hybridized carbons (Fsp3) is 0.533. The zero-order valence-corrected chi connectivity index (χ0v) is 13.8. The van der Waals surface area contributed by atoms with Gasteiger partial charge in [-0.05, 0) is 37.1 Å². The summed E-state index contributed by atoms with van der Waals surface area (Å²) in [5, 5.41) is 8.11. The summed E-state index contributed by atoms with van der Waals surface area (Å²) >= 11 is 0. The molecular formula is C15H24N4O2S. The molecule has 0 amide bonds. The van der Waals surface area contributed by atoms with Gasteiger partial charge in [-0.15, -0.1) is 0 Å². The minimum atomic E-state index is -3.64. The summed E-state index contributed by atoms with van der Waals surface area (Å²) in [5.41, 5.74) is 6.51. The highest BCUT2D eigenvalue weighted by molar-refractivity contribution is 7.89. The molecule has 1 aliphatic heterocycles.